The van der Waals surface area contributed by atoms with Gasteiger partial charge in [-0.2, -0.15) is 0 Å². The van der Waals surface area contributed by atoms with E-state index in [4.69, 9.17) is 5.73 Å². The predicted molar refractivity (Wildman–Crippen MR) is 75.6 cm³/mol. The first-order valence-electron chi connectivity index (χ1n) is 8.06. The first-order chi connectivity index (χ1) is 8.88. The molecular weight excluding hydrogens is 222 g/mol. The van der Waals surface area contributed by atoms with Crippen LogP contribution >= 0.6 is 0 Å². The molecular formula is C15H29N3. The molecule has 2 N–H and O–H groups in total. The molecule has 0 aromatic heterocycles. The maximum absolute atomic E-state index is 5.84. The van der Waals surface area contributed by atoms with Crippen LogP contribution in [-0.2, 0) is 0 Å². The molecule has 3 fully saturated rings. The summed E-state index contributed by atoms with van der Waals surface area (Å²) in [7, 11) is 0. The first-order valence-corrected chi connectivity index (χ1v) is 8.06. The zero-order chi connectivity index (χ0) is 12.4. The number of likely N-dealkylation sites (tertiary alicyclic amines) is 2. The molecule has 0 aromatic rings. The quantitative estimate of drug-likeness (QED) is 0.828. The molecule has 18 heavy (non-hydrogen) atoms. The van der Waals surface area contributed by atoms with Crippen molar-refractivity contribution in [3.8, 4) is 0 Å². The van der Waals surface area contributed by atoms with Crippen LogP contribution in [-0.4, -0.2) is 54.6 Å². The third kappa shape index (κ3) is 2.59. The van der Waals surface area contributed by atoms with Crippen LogP contribution in [0.2, 0.25) is 0 Å². The summed E-state index contributed by atoms with van der Waals surface area (Å²) in [5.74, 6) is 0.802. The highest BCUT2D eigenvalue weighted by Gasteiger charge is 2.36. The summed E-state index contributed by atoms with van der Waals surface area (Å²) in [6.07, 6.45) is 9.87. The summed E-state index contributed by atoms with van der Waals surface area (Å²) in [6, 6.07) is 1.72. The van der Waals surface area contributed by atoms with Crippen LogP contribution in [0.4, 0.5) is 0 Å². The molecule has 3 aliphatic rings. The Morgan fingerprint density at radius 2 is 1.50 bits per heavy atom. The molecule has 3 rings (SSSR count). The van der Waals surface area contributed by atoms with E-state index in [9.17, 15) is 0 Å². The highest BCUT2D eigenvalue weighted by molar-refractivity contribution is 4.92. The van der Waals surface area contributed by atoms with Crippen molar-refractivity contribution in [3.63, 3.8) is 0 Å². The van der Waals surface area contributed by atoms with E-state index in [1.54, 1.807) is 0 Å². The molecule has 0 aromatic carbocycles. The Morgan fingerprint density at radius 1 is 0.778 bits per heavy atom. The van der Waals surface area contributed by atoms with Gasteiger partial charge in [0, 0.05) is 12.1 Å². The summed E-state index contributed by atoms with van der Waals surface area (Å²) in [6.45, 7) is 6.26. The topological polar surface area (TPSA) is 32.5 Å². The lowest BCUT2D eigenvalue weighted by molar-refractivity contribution is 0.0189. The fourth-order valence-electron chi connectivity index (χ4n) is 4.17. The second-order valence-electron chi connectivity index (χ2n) is 6.50. The van der Waals surface area contributed by atoms with E-state index in [-0.39, 0.29) is 0 Å². The fourth-order valence-corrected chi connectivity index (χ4v) is 4.17. The van der Waals surface area contributed by atoms with Crippen molar-refractivity contribution in [3.05, 3.63) is 0 Å². The summed E-state index contributed by atoms with van der Waals surface area (Å²) >= 11 is 0. The van der Waals surface area contributed by atoms with Gasteiger partial charge >= 0.3 is 0 Å². The highest BCUT2D eigenvalue weighted by Crippen LogP contribution is 2.33. The molecule has 1 saturated carbocycles. The average molecular weight is 251 g/mol. The summed E-state index contributed by atoms with van der Waals surface area (Å²) in [4.78, 5) is 5.50. The largest absolute Gasteiger partial charge is 0.330 e. The molecule has 3 heteroatoms. The van der Waals surface area contributed by atoms with Crippen LogP contribution in [0.25, 0.3) is 0 Å². The Labute approximate surface area is 112 Å². The van der Waals surface area contributed by atoms with E-state index in [1.165, 1.54) is 71.1 Å². The number of hydrogen-bond acceptors (Lipinski definition) is 3. The lowest BCUT2D eigenvalue weighted by atomic mass is 9.77. The van der Waals surface area contributed by atoms with E-state index >= 15 is 0 Å². The van der Waals surface area contributed by atoms with E-state index in [1.807, 2.05) is 0 Å². The maximum atomic E-state index is 5.84. The molecule has 2 atom stereocenters. The van der Waals surface area contributed by atoms with Crippen molar-refractivity contribution in [1.82, 2.24) is 9.80 Å². The third-order valence-corrected chi connectivity index (χ3v) is 5.56. The Morgan fingerprint density at radius 3 is 2.06 bits per heavy atom. The summed E-state index contributed by atoms with van der Waals surface area (Å²) in [5.41, 5.74) is 5.84. The van der Waals surface area contributed by atoms with Crippen molar-refractivity contribution >= 4 is 0 Å². The van der Waals surface area contributed by atoms with Gasteiger partial charge in [-0.25, -0.2) is 0 Å². The monoisotopic (exact) mass is 251 g/mol. The lowest BCUT2D eigenvalue weighted by Crippen LogP contribution is -2.55. The smallest absolute Gasteiger partial charge is 0.0136 e. The molecule has 3 nitrogen and oxygen atoms in total. The Bertz CT molecular complexity index is 242. The third-order valence-electron chi connectivity index (χ3n) is 5.56. The average Bonchev–Trinajstić information content (AvgIpc) is 2.40. The molecule has 0 bridgehead atoms. The number of nitrogens with zero attached hydrogens (tertiary/aromatic N) is 2. The zero-order valence-electron chi connectivity index (χ0n) is 11.7. The Balaban J connectivity index is 1.46. The molecule has 2 aliphatic heterocycles. The van der Waals surface area contributed by atoms with Gasteiger partial charge in [-0.05, 0) is 77.2 Å². The Kier molecular flexibility index (Phi) is 4.22. The first kappa shape index (κ1) is 12.9. The zero-order valence-corrected chi connectivity index (χ0v) is 11.7. The fraction of sp³-hybridized carbons (Fsp3) is 1.00. The number of rotatable bonds is 3. The Hall–Kier alpha value is -0.120. The van der Waals surface area contributed by atoms with Gasteiger partial charge in [0.2, 0.25) is 0 Å². The van der Waals surface area contributed by atoms with Gasteiger partial charge in [0.15, 0.2) is 0 Å². The van der Waals surface area contributed by atoms with Gasteiger partial charge < -0.3 is 10.6 Å². The van der Waals surface area contributed by atoms with Crippen molar-refractivity contribution in [2.75, 3.05) is 32.7 Å². The van der Waals surface area contributed by atoms with Crippen LogP contribution in [0.15, 0.2) is 0 Å². The van der Waals surface area contributed by atoms with E-state index in [0.29, 0.717) is 0 Å². The van der Waals surface area contributed by atoms with Gasteiger partial charge in [0.1, 0.15) is 0 Å². The van der Waals surface area contributed by atoms with E-state index in [2.05, 4.69) is 9.80 Å². The molecule has 2 heterocycles. The van der Waals surface area contributed by atoms with Crippen LogP contribution in [0.1, 0.15) is 44.9 Å². The van der Waals surface area contributed by atoms with Gasteiger partial charge in [-0.1, -0.05) is 6.42 Å². The predicted octanol–water partition coefficient (Wildman–Crippen LogP) is 1.67. The minimum absolute atomic E-state index is 0.802. The minimum Gasteiger partial charge on any atom is -0.330 e. The minimum atomic E-state index is 0.802. The number of hydrogen-bond donors (Lipinski definition) is 1. The van der Waals surface area contributed by atoms with Crippen molar-refractivity contribution < 1.29 is 0 Å². The molecule has 1 aliphatic carbocycles. The van der Waals surface area contributed by atoms with Crippen LogP contribution < -0.4 is 5.73 Å². The number of piperidine rings is 2. The highest BCUT2D eigenvalue weighted by atomic mass is 15.2. The van der Waals surface area contributed by atoms with Crippen LogP contribution in [0.5, 0.6) is 0 Å². The van der Waals surface area contributed by atoms with Gasteiger partial charge in [0.05, 0.1) is 0 Å². The van der Waals surface area contributed by atoms with Crippen molar-refractivity contribution in [2.45, 2.75) is 57.0 Å². The molecule has 2 unspecified atom stereocenters. The van der Waals surface area contributed by atoms with Gasteiger partial charge in [0.25, 0.3) is 0 Å². The van der Waals surface area contributed by atoms with Crippen molar-refractivity contribution in [1.29, 1.82) is 0 Å². The normalized spacial score (nSPS) is 36.5. The summed E-state index contributed by atoms with van der Waals surface area (Å²) in [5, 5.41) is 0. The summed E-state index contributed by atoms with van der Waals surface area (Å²) < 4.78 is 0. The van der Waals surface area contributed by atoms with E-state index < -0.39 is 0 Å². The van der Waals surface area contributed by atoms with Crippen LogP contribution in [0.3, 0.4) is 0 Å². The SMILES string of the molecule is NCC1CCC1N1CCC(N2CCCCC2)CC1. The van der Waals surface area contributed by atoms with Crippen LogP contribution in [0, 0.1) is 5.92 Å². The second-order valence-corrected chi connectivity index (χ2v) is 6.50. The maximum Gasteiger partial charge on any atom is 0.0136 e. The number of nitrogens with two attached hydrogens (primary N) is 1. The molecule has 0 spiro atoms. The van der Waals surface area contributed by atoms with Crippen molar-refractivity contribution in [2.24, 2.45) is 11.7 Å². The molecule has 2 saturated heterocycles. The van der Waals surface area contributed by atoms with Gasteiger partial charge in [-0.15, -0.1) is 0 Å². The standard InChI is InChI=1S/C15H29N3/c16-12-13-4-5-15(13)18-10-6-14(7-11-18)17-8-2-1-3-9-17/h13-15H,1-12,16H2. The van der Waals surface area contributed by atoms with Gasteiger partial charge in [-0.3, -0.25) is 4.90 Å². The molecule has 0 radical (unpaired) electrons. The lowest BCUT2D eigenvalue weighted by Gasteiger charge is -2.48. The van der Waals surface area contributed by atoms with E-state index in [0.717, 1.165) is 24.5 Å². The molecule has 0 amide bonds. The second kappa shape index (κ2) is 5.89. The molecule has 104 valence electrons.